The topological polar surface area (TPSA) is 58.6 Å². The van der Waals surface area contributed by atoms with Crippen molar-refractivity contribution in [3.63, 3.8) is 0 Å². The van der Waals surface area contributed by atoms with Crippen molar-refractivity contribution in [2.45, 2.75) is 37.8 Å². The molecule has 2 heterocycles. The number of carbonyl (C=O) groups is 2. The van der Waals surface area contributed by atoms with Crippen molar-refractivity contribution >= 4 is 11.9 Å². The first-order chi connectivity index (χ1) is 7.75. The quantitative estimate of drug-likeness (QED) is 0.743. The van der Waals surface area contributed by atoms with Crippen LogP contribution in [0.1, 0.15) is 25.7 Å². The minimum Gasteiger partial charge on any atom is -0.379 e. The molecule has 1 N–H and O–H groups in total. The maximum absolute atomic E-state index is 11.9. The van der Waals surface area contributed by atoms with E-state index in [4.69, 9.17) is 4.74 Å². The molecule has 0 aromatic carbocycles. The fraction of sp³-hybridized carbons (Fsp3) is 0.818. The molecule has 2 unspecified atom stereocenters. The molecule has 5 nitrogen and oxygen atoms in total. The van der Waals surface area contributed by atoms with E-state index in [1.54, 1.807) is 0 Å². The highest BCUT2D eigenvalue weighted by Crippen LogP contribution is 2.35. The summed E-state index contributed by atoms with van der Waals surface area (Å²) in [7, 11) is 0. The number of nitrogens with zero attached hydrogens (tertiary/aromatic N) is 1. The van der Waals surface area contributed by atoms with Crippen molar-refractivity contribution in [3.8, 4) is 0 Å². The van der Waals surface area contributed by atoms with E-state index in [9.17, 15) is 9.59 Å². The maximum atomic E-state index is 11.9. The van der Waals surface area contributed by atoms with Crippen LogP contribution in [0.25, 0.3) is 0 Å². The predicted octanol–water partition coefficient (Wildman–Crippen LogP) is 0.496. The number of rotatable bonds is 2. The van der Waals surface area contributed by atoms with Gasteiger partial charge in [-0.15, -0.1) is 0 Å². The van der Waals surface area contributed by atoms with Crippen molar-refractivity contribution < 1.29 is 14.3 Å². The van der Waals surface area contributed by atoms with Crippen LogP contribution in [0.5, 0.6) is 0 Å². The van der Waals surface area contributed by atoms with Crippen LogP contribution in [0.3, 0.4) is 0 Å². The van der Waals surface area contributed by atoms with Crippen molar-refractivity contribution in [2.24, 2.45) is 5.92 Å². The van der Waals surface area contributed by atoms with Crippen LogP contribution in [0.2, 0.25) is 0 Å². The number of ether oxygens (including phenoxy) is 1. The molecule has 0 spiro atoms. The Hall–Kier alpha value is -1.10. The number of urea groups is 1. The van der Waals surface area contributed by atoms with Gasteiger partial charge in [-0.2, -0.15) is 0 Å². The number of nitrogens with one attached hydrogen (secondary N) is 1. The summed E-state index contributed by atoms with van der Waals surface area (Å²) in [6, 6.07) is -0.185. The van der Waals surface area contributed by atoms with E-state index in [1.165, 1.54) is 4.90 Å². The van der Waals surface area contributed by atoms with Gasteiger partial charge in [-0.25, -0.2) is 4.79 Å². The van der Waals surface area contributed by atoms with Gasteiger partial charge < -0.3 is 10.1 Å². The Kier molecular flexibility index (Phi) is 2.35. The zero-order chi connectivity index (χ0) is 11.1. The molecular weight excluding hydrogens is 208 g/mol. The molecular formula is C11H16N2O3. The SMILES string of the molecule is O=C1CC(C2CC2)NC(=O)N1C1CCOC1. The van der Waals surface area contributed by atoms with Gasteiger partial charge in [-0.05, 0) is 25.2 Å². The summed E-state index contributed by atoms with van der Waals surface area (Å²) in [6.45, 7) is 1.14. The third-order valence-electron chi connectivity index (χ3n) is 3.65. The molecule has 1 aliphatic carbocycles. The molecule has 0 bridgehead atoms. The van der Waals surface area contributed by atoms with Crippen LogP contribution in [-0.4, -0.2) is 42.1 Å². The second kappa shape index (κ2) is 3.73. The summed E-state index contributed by atoms with van der Waals surface area (Å²) in [6.07, 6.45) is 3.52. The van der Waals surface area contributed by atoms with Crippen LogP contribution in [0.4, 0.5) is 4.79 Å². The molecule has 3 fully saturated rings. The molecule has 3 aliphatic rings. The van der Waals surface area contributed by atoms with Crippen molar-refractivity contribution in [3.05, 3.63) is 0 Å². The van der Waals surface area contributed by atoms with E-state index in [1.807, 2.05) is 0 Å². The maximum Gasteiger partial charge on any atom is 0.324 e. The lowest BCUT2D eigenvalue weighted by atomic mass is 10.0. The normalized spacial score (nSPS) is 35.4. The fourth-order valence-corrected chi connectivity index (χ4v) is 2.56. The average molecular weight is 224 g/mol. The van der Waals surface area contributed by atoms with Gasteiger partial charge in [-0.1, -0.05) is 0 Å². The van der Waals surface area contributed by atoms with E-state index >= 15 is 0 Å². The van der Waals surface area contributed by atoms with E-state index in [-0.39, 0.29) is 24.0 Å². The predicted molar refractivity (Wildman–Crippen MR) is 55.7 cm³/mol. The van der Waals surface area contributed by atoms with E-state index in [2.05, 4.69) is 5.32 Å². The fourth-order valence-electron chi connectivity index (χ4n) is 2.56. The Morgan fingerprint density at radius 3 is 2.62 bits per heavy atom. The van der Waals surface area contributed by atoms with Gasteiger partial charge in [0, 0.05) is 19.1 Å². The molecule has 2 atom stereocenters. The van der Waals surface area contributed by atoms with Crippen molar-refractivity contribution in [1.29, 1.82) is 0 Å². The summed E-state index contributed by atoms with van der Waals surface area (Å²) < 4.78 is 5.22. The monoisotopic (exact) mass is 224 g/mol. The minimum absolute atomic E-state index is 0.0313. The lowest BCUT2D eigenvalue weighted by Gasteiger charge is -2.34. The molecule has 88 valence electrons. The number of amides is 3. The third-order valence-corrected chi connectivity index (χ3v) is 3.65. The molecule has 1 saturated carbocycles. The number of carbonyl (C=O) groups excluding carboxylic acids is 2. The molecule has 2 saturated heterocycles. The van der Waals surface area contributed by atoms with Crippen molar-refractivity contribution in [1.82, 2.24) is 10.2 Å². The Morgan fingerprint density at radius 2 is 2.06 bits per heavy atom. The lowest BCUT2D eigenvalue weighted by molar-refractivity contribution is -0.132. The highest BCUT2D eigenvalue weighted by molar-refractivity contribution is 5.97. The molecule has 2 aliphatic heterocycles. The second-order valence-corrected chi connectivity index (χ2v) is 4.88. The zero-order valence-corrected chi connectivity index (χ0v) is 9.15. The smallest absolute Gasteiger partial charge is 0.324 e. The van der Waals surface area contributed by atoms with Gasteiger partial charge >= 0.3 is 6.03 Å². The van der Waals surface area contributed by atoms with Crippen LogP contribution in [-0.2, 0) is 9.53 Å². The number of hydrogen-bond acceptors (Lipinski definition) is 3. The van der Waals surface area contributed by atoms with Gasteiger partial charge in [0.05, 0.1) is 12.6 Å². The third kappa shape index (κ3) is 1.69. The van der Waals surface area contributed by atoms with Crippen LogP contribution in [0.15, 0.2) is 0 Å². The summed E-state index contributed by atoms with van der Waals surface area (Å²) in [5.41, 5.74) is 0. The average Bonchev–Trinajstić information content (AvgIpc) is 2.96. The first kappa shape index (κ1) is 10.1. The van der Waals surface area contributed by atoms with Crippen LogP contribution >= 0.6 is 0 Å². The summed E-state index contributed by atoms with van der Waals surface area (Å²) in [5.74, 6) is 0.506. The lowest BCUT2D eigenvalue weighted by Crippen LogP contribution is -2.58. The molecule has 0 radical (unpaired) electrons. The Morgan fingerprint density at radius 1 is 1.25 bits per heavy atom. The molecule has 0 aromatic rings. The largest absolute Gasteiger partial charge is 0.379 e. The summed E-state index contributed by atoms with van der Waals surface area (Å²) in [5, 5.41) is 2.95. The zero-order valence-electron chi connectivity index (χ0n) is 9.15. The second-order valence-electron chi connectivity index (χ2n) is 4.88. The van der Waals surface area contributed by atoms with E-state index in [0.717, 1.165) is 19.3 Å². The molecule has 0 aromatic heterocycles. The number of hydrogen-bond donors (Lipinski definition) is 1. The van der Waals surface area contributed by atoms with Crippen LogP contribution < -0.4 is 5.32 Å². The highest BCUT2D eigenvalue weighted by Gasteiger charge is 2.43. The molecule has 3 amide bonds. The first-order valence-corrected chi connectivity index (χ1v) is 5.96. The van der Waals surface area contributed by atoms with Gasteiger partial charge in [0.15, 0.2) is 0 Å². The Bertz CT molecular complexity index is 303. The molecule has 16 heavy (non-hydrogen) atoms. The molecule has 3 rings (SSSR count). The summed E-state index contributed by atoms with van der Waals surface area (Å²) >= 11 is 0. The number of imide groups is 1. The van der Waals surface area contributed by atoms with Gasteiger partial charge in [0.2, 0.25) is 5.91 Å². The van der Waals surface area contributed by atoms with E-state index < -0.39 is 0 Å². The standard InChI is InChI=1S/C11H16N2O3/c14-10-5-9(7-1-2-7)12-11(15)13(10)8-3-4-16-6-8/h7-9H,1-6H2,(H,12,15). The Labute approximate surface area is 94.1 Å². The minimum atomic E-state index is -0.219. The van der Waals surface area contributed by atoms with Crippen molar-refractivity contribution in [2.75, 3.05) is 13.2 Å². The van der Waals surface area contributed by atoms with Gasteiger partial charge in [0.25, 0.3) is 0 Å². The summed E-state index contributed by atoms with van der Waals surface area (Å²) in [4.78, 5) is 25.2. The van der Waals surface area contributed by atoms with Gasteiger partial charge in [0.1, 0.15) is 0 Å². The first-order valence-electron chi connectivity index (χ1n) is 5.96. The van der Waals surface area contributed by atoms with Crippen LogP contribution in [0, 0.1) is 5.92 Å². The molecule has 5 heteroatoms. The highest BCUT2D eigenvalue weighted by atomic mass is 16.5. The van der Waals surface area contributed by atoms with Gasteiger partial charge in [-0.3, -0.25) is 9.69 Å². The van der Waals surface area contributed by atoms with E-state index in [0.29, 0.717) is 25.6 Å². The Balaban J connectivity index is 1.70.